The van der Waals surface area contributed by atoms with E-state index >= 15 is 0 Å². The number of carbonyl (C=O) groups is 1. The van der Waals surface area contributed by atoms with Crippen molar-refractivity contribution >= 4 is 15.6 Å². The van der Waals surface area contributed by atoms with Crippen molar-refractivity contribution in [1.29, 1.82) is 0 Å². The summed E-state index contributed by atoms with van der Waals surface area (Å²) in [5.74, 6) is -0.245. The lowest BCUT2D eigenvalue weighted by molar-refractivity contribution is -0.122. The molecule has 16 heavy (non-hydrogen) atoms. The number of carbonyl (C=O) groups excluding carboxylic acids is 1. The second-order valence-corrected chi connectivity index (χ2v) is 7.03. The summed E-state index contributed by atoms with van der Waals surface area (Å²) in [6.07, 6.45) is 1.74. The zero-order valence-corrected chi connectivity index (χ0v) is 11.2. The van der Waals surface area contributed by atoms with Crippen LogP contribution in [0.5, 0.6) is 0 Å². The van der Waals surface area contributed by atoms with Gasteiger partial charge in [0.1, 0.15) is 5.78 Å². The van der Waals surface area contributed by atoms with Crippen molar-refractivity contribution < 1.29 is 13.2 Å². The van der Waals surface area contributed by atoms with Crippen molar-refractivity contribution in [1.82, 2.24) is 0 Å². The number of hydrogen-bond acceptors (Lipinski definition) is 4. The lowest BCUT2D eigenvalue weighted by Gasteiger charge is -2.13. The molecule has 0 aliphatic rings. The molecule has 0 heterocycles. The first-order valence-corrected chi connectivity index (χ1v) is 7.51. The Morgan fingerprint density at radius 1 is 1.31 bits per heavy atom. The van der Waals surface area contributed by atoms with E-state index in [-0.39, 0.29) is 23.9 Å². The van der Waals surface area contributed by atoms with E-state index in [9.17, 15) is 13.2 Å². The van der Waals surface area contributed by atoms with Crippen molar-refractivity contribution in [2.75, 3.05) is 12.3 Å². The van der Waals surface area contributed by atoms with Crippen LogP contribution in [0.3, 0.4) is 0 Å². The molecule has 0 fully saturated rings. The topological polar surface area (TPSA) is 77.2 Å². The molecule has 96 valence electrons. The summed E-state index contributed by atoms with van der Waals surface area (Å²) in [6.45, 7) is 5.56. The molecule has 0 aromatic heterocycles. The maximum atomic E-state index is 11.7. The highest BCUT2D eigenvalue weighted by atomic mass is 32.2. The van der Waals surface area contributed by atoms with Crippen LogP contribution in [0.25, 0.3) is 0 Å². The number of rotatable bonds is 8. The van der Waals surface area contributed by atoms with E-state index in [1.54, 1.807) is 13.8 Å². The molecule has 0 amide bonds. The fourth-order valence-corrected chi connectivity index (χ4v) is 2.40. The van der Waals surface area contributed by atoms with Gasteiger partial charge in [0.05, 0.1) is 11.0 Å². The van der Waals surface area contributed by atoms with Gasteiger partial charge in [0.2, 0.25) is 0 Å². The summed E-state index contributed by atoms with van der Waals surface area (Å²) in [5.41, 5.74) is 5.49. The smallest absolute Gasteiger partial charge is 0.153 e. The summed E-state index contributed by atoms with van der Waals surface area (Å²) in [5, 5.41) is -0.414. The van der Waals surface area contributed by atoms with Gasteiger partial charge in [0.15, 0.2) is 9.84 Å². The highest BCUT2D eigenvalue weighted by Crippen LogP contribution is 2.11. The quantitative estimate of drug-likeness (QED) is 0.700. The molecule has 0 aliphatic carbocycles. The minimum Gasteiger partial charge on any atom is -0.330 e. The molecule has 1 atom stereocenters. The fraction of sp³-hybridized carbons (Fsp3) is 0.909. The molecule has 0 aromatic carbocycles. The van der Waals surface area contributed by atoms with E-state index in [0.717, 1.165) is 12.8 Å². The van der Waals surface area contributed by atoms with E-state index in [1.807, 2.05) is 6.92 Å². The maximum Gasteiger partial charge on any atom is 0.153 e. The molecule has 0 aromatic rings. The second-order valence-electron chi connectivity index (χ2n) is 4.35. The van der Waals surface area contributed by atoms with Gasteiger partial charge in [-0.15, -0.1) is 0 Å². The van der Waals surface area contributed by atoms with Gasteiger partial charge in [-0.25, -0.2) is 8.42 Å². The third-order valence-electron chi connectivity index (χ3n) is 2.73. The van der Waals surface area contributed by atoms with E-state index in [0.29, 0.717) is 6.54 Å². The Bertz CT molecular complexity index is 309. The number of sulfone groups is 1. The summed E-state index contributed by atoms with van der Waals surface area (Å²) in [6, 6.07) is 0. The zero-order valence-electron chi connectivity index (χ0n) is 10.4. The van der Waals surface area contributed by atoms with E-state index < -0.39 is 15.1 Å². The lowest BCUT2D eigenvalue weighted by Crippen LogP contribution is -2.27. The van der Waals surface area contributed by atoms with Gasteiger partial charge in [0.25, 0.3) is 0 Å². The normalized spacial score (nSPS) is 14.1. The Hall–Kier alpha value is -0.420. The minimum absolute atomic E-state index is 0.0198. The van der Waals surface area contributed by atoms with Gasteiger partial charge < -0.3 is 5.73 Å². The summed E-state index contributed by atoms with van der Waals surface area (Å²) >= 11 is 0. The van der Waals surface area contributed by atoms with Crippen LogP contribution in [-0.4, -0.2) is 31.7 Å². The largest absolute Gasteiger partial charge is 0.330 e. The number of hydrogen-bond donors (Lipinski definition) is 1. The Labute approximate surface area is 98.5 Å². The molecule has 0 rings (SSSR count). The molecule has 5 heteroatoms. The minimum atomic E-state index is -3.11. The molecule has 1 unspecified atom stereocenters. The average molecular weight is 249 g/mol. The van der Waals surface area contributed by atoms with Crippen LogP contribution in [0.15, 0.2) is 0 Å². The molecular formula is C11H23NO3S. The second kappa shape index (κ2) is 7.01. The summed E-state index contributed by atoms with van der Waals surface area (Å²) in [7, 11) is -3.11. The monoisotopic (exact) mass is 249 g/mol. The molecule has 0 saturated carbocycles. The summed E-state index contributed by atoms with van der Waals surface area (Å²) in [4.78, 5) is 11.7. The standard InChI is InChI=1S/C11H23NO3S/c1-4-5-10(8-12)11(13)6-7-16(14,15)9(2)3/h9-10H,4-8,12H2,1-3H3. The van der Waals surface area contributed by atoms with Crippen LogP contribution < -0.4 is 5.73 Å². The lowest BCUT2D eigenvalue weighted by atomic mass is 9.97. The van der Waals surface area contributed by atoms with Gasteiger partial charge in [-0.1, -0.05) is 13.3 Å². The molecule has 0 radical (unpaired) electrons. The van der Waals surface area contributed by atoms with Crippen molar-refractivity contribution in [2.45, 2.75) is 45.3 Å². The van der Waals surface area contributed by atoms with Crippen LogP contribution in [0, 0.1) is 5.92 Å². The van der Waals surface area contributed by atoms with Crippen molar-refractivity contribution in [3.05, 3.63) is 0 Å². The third kappa shape index (κ3) is 5.07. The maximum absolute atomic E-state index is 11.7. The first kappa shape index (κ1) is 15.6. The van der Waals surface area contributed by atoms with Crippen molar-refractivity contribution in [3.63, 3.8) is 0 Å². The predicted molar refractivity (Wildman–Crippen MR) is 66.0 cm³/mol. The molecule has 0 bridgehead atoms. The Balaban J connectivity index is 4.26. The number of Topliss-reactive ketones (excluding diaryl/α,β-unsaturated/α-hetero) is 1. The van der Waals surface area contributed by atoms with Crippen LogP contribution in [0.1, 0.15) is 40.0 Å². The third-order valence-corrected chi connectivity index (χ3v) is 4.94. The first-order chi connectivity index (χ1) is 7.35. The van der Waals surface area contributed by atoms with Crippen LogP contribution in [-0.2, 0) is 14.6 Å². The Kier molecular flexibility index (Phi) is 6.83. The van der Waals surface area contributed by atoms with E-state index in [1.165, 1.54) is 0 Å². The molecule has 2 N–H and O–H groups in total. The van der Waals surface area contributed by atoms with E-state index in [2.05, 4.69) is 0 Å². The molecule has 0 saturated heterocycles. The van der Waals surface area contributed by atoms with Crippen molar-refractivity contribution in [2.24, 2.45) is 11.7 Å². The fourth-order valence-electron chi connectivity index (χ4n) is 1.44. The Morgan fingerprint density at radius 3 is 2.25 bits per heavy atom. The molecule has 0 aliphatic heterocycles. The highest BCUT2D eigenvalue weighted by molar-refractivity contribution is 7.91. The van der Waals surface area contributed by atoms with Crippen LogP contribution >= 0.6 is 0 Å². The Morgan fingerprint density at radius 2 is 1.88 bits per heavy atom. The number of nitrogens with two attached hydrogens (primary N) is 1. The predicted octanol–water partition coefficient (Wildman–Crippen LogP) is 1.14. The number of ketones is 1. The zero-order chi connectivity index (χ0) is 12.8. The molecule has 0 spiro atoms. The van der Waals surface area contributed by atoms with Crippen LogP contribution in [0.4, 0.5) is 0 Å². The van der Waals surface area contributed by atoms with Gasteiger partial charge in [-0.2, -0.15) is 0 Å². The van der Waals surface area contributed by atoms with Gasteiger partial charge >= 0.3 is 0 Å². The highest BCUT2D eigenvalue weighted by Gasteiger charge is 2.21. The van der Waals surface area contributed by atoms with Gasteiger partial charge in [0, 0.05) is 18.9 Å². The average Bonchev–Trinajstić information content (AvgIpc) is 2.22. The van der Waals surface area contributed by atoms with E-state index in [4.69, 9.17) is 5.73 Å². The SMILES string of the molecule is CCCC(CN)C(=O)CCS(=O)(=O)C(C)C. The molecular weight excluding hydrogens is 226 g/mol. The van der Waals surface area contributed by atoms with Gasteiger partial charge in [-0.3, -0.25) is 4.79 Å². The van der Waals surface area contributed by atoms with Crippen LogP contribution in [0.2, 0.25) is 0 Å². The van der Waals surface area contributed by atoms with Crippen molar-refractivity contribution in [3.8, 4) is 0 Å². The first-order valence-electron chi connectivity index (χ1n) is 5.79. The molecule has 4 nitrogen and oxygen atoms in total. The summed E-state index contributed by atoms with van der Waals surface area (Å²) < 4.78 is 23.0. The van der Waals surface area contributed by atoms with Gasteiger partial charge in [-0.05, 0) is 20.3 Å².